The Morgan fingerprint density at radius 1 is 1.14 bits per heavy atom. The third-order valence-electron chi connectivity index (χ3n) is 5.11. The molecule has 0 bridgehead atoms. The summed E-state index contributed by atoms with van der Waals surface area (Å²) in [6, 6.07) is 5.58. The number of ether oxygens (including phenoxy) is 3. The largest absolute Gasteiger partial charge is 0.444 e. The number of esters is 2. The first-order valence-corrected chi connectivity index (χ1v) is 12.7. The second-order valence-electron chi connectivity index (χ2n) is 9.77. The van der Waals surface area contributed by atoms with E-state index < -0.39 is 39.4 Å². The maximum absolute atomic E-state index is 12.9. The number of sulfonamides is 1. The SMILES string of the molecule is CC(C)(C)OC(=O)N1CCC(NS(=O)(=O)c2cccc(NC=C3C(=O)OC(C)(C)OC3=O)c2)CC1. The third-order valence-corrected chi connectivity index (χ3v) is 6.63. The lowest BCUT2D eigenvalue weighted by atomic mass is 10.1. The minimum Gasteiger partial charge on any atom is -0.444 e. The molecule has 0 radical (unpaired) electrons. The Hall–Kier alpha value is -3.12. The molecule has 12 heteroatoms. The van der Waals surface area contributed by atoms with Crippen LogP contribution in [0, 0.1) is 0 Å². The lowest BCUT2D eigenvalue weighted by Gasteiger charge is -2.33. The highest BCUT2D eigenvalue weighted by Gasteiger charge is 2.39. The number of nitrogens with one attached hydrogen (secondary N) is 2. The van der Waals surface area contributed by atoms with Gasteiger partial charge in [-0.3, -0.25) is 0 Å². The van der Waals surface area contributed by atoms with Gasteiger partial charge in [-0.1, -0.05) is 6.07 Å². The first kappa shape index (κ1) is 26.5. The number of cyclic esters (lactones) is 2. The molecule has 0 atom stereocenters. The van der Waals surface area contributed by atoms with E-state index in [1.165, 1.54) is 32.0 Å². The Kier molecular flexibility index (Phi) is 7.46. The zero-order valence-corrected chi connectivity index (χ0v) is 21.2. The highest BCUT2D eigenvalue weighted by atomic mass is 32.2. The monoisotopic (exact) mass is 509 g/mol. The van der Waals surface area contributed by atoms with Crippen LogP contribution in [0.15, 0.2) is 40.9 Å². The Morgan fingerprint density at radius 2 is 1.74 bits per heavy atom. The van der Waals surface area contributed by atoms with Crippen LogP contribution in [-0.4, -0.2) is 61.9 Å². The van der Waals surface area contributed by atoms with Gasteiger partial charge in [-0.2, -0.15) is 0 Å². The summed E-state index contributed by atoms with van der Waals surface area (Å²) in [7, 11) is -3.86. The van der Waals surface area contributed by atoms with Crippen LogP contribution in [0.3, 0.4) is 0 Å². The summed E-state index contributed by atoms with van der Waals surface area (Å²) < 4.78 is 44.0. The van der Waals surface area contributed by atoms with Crippen molar-refractivity contribution in [3.05, 3.63) is 36.0 Å². The first-order valence-electron chi connectivity index (χ1n) is 11.2. The molecule has 3 rings (SSSR count). The fraction of sp³-hybridized carbons (Fsp3) is 0.522. The molecular formula is C23H31N3O8S. The van der Waals surface area contributed by atoms with Crippen molar-refractivity contribution in [2.24, 2.45) is 0 Å². The fourth-order valence-electron chi connectivity index (χ4n) is 3.48. The van der Waals surface area contributed by atoms with Gasteiger partial charge in [0.25, 0.3) is 5.79 Å². The number of carbonyl (C=O) groups is 3. The van der Waals surface area contributed by atoms with E-state index in [4.69, 9.17) is 14.2 Å². The van der Waals surface area contributed by atoms with Gasteiger partial charge >= 0.3 is 18.0 Å². The first-order chi connectivity index (χ1) is 16.2. The molecule has 2 heterocycles. The van der Waals surface area contributed by atoms with E-state index in [1.54, 1.807) is 31.7 Å². The number of hydrogen-bond acceptors (Lipinski definition) is 9. The van der Waals surface area contributed by atoms with Gasteiger partial charge in [-0.25, -0.2) is 27.5 Å². The summed E-state index contributed by atoms with van der Waals surface area (Å²) in [5, 5.41) is 2.74. The minimum atomic E-state index is -3.86. The minimum absolute atomic E-state index is 0.00500. The predicted octanol–water partition coefficient (Wildman–Crippen LogP) is 2.50. The maximum Gasteiger partial charge on any atom is 0.410 e. The van der Waals surface area contributed by atoms with Crippen LogP contribution in [0.2, 0.25) is 0 Å². The van der Waals surface area contributed by atoms with E-state index in [0.717, 1.165) is 6.20 Å². The number of amides is 1. The van der Waals surface area contributed by atoms with Crippen molar-refractivity contribution >= 4 is 33.7 Å². The highest BCUT2D eigenvalue weighted by molar-refractivity contribution is 7.89. The van der Waals surface area contributed by atoms with Gasteiger partial charge in [0, 0.05) is 44.9 Å². The predicted molar refractivity (Wildman–Crippen MR) is 126 cm³/mol. The Labute approximate surface area is 204 Å². The average Bonchev–Trinajstić information content (AvgIpc) is 2.71. The van der Waals surface area contributed by atoms with E-state index in [2.05, 4.69) is 10.0 Å². The number of piperidine rings is 1. The summed E-state index contributed by atoms with van der Waals surface area (Å²) in [5.41, 5.74) is -0.600. The quantitative estimate of drug-likeness (QED) is 0.348. The molecule has 0 saturated carbocycles. The summed E-state index contributed by atoms with van der Waals surface area (Å²) in [4.78, 5) is 37.9. The Morgan fingerprint density at radius 3 is 2.31 bits per heavy atom. The molecule has 0 unspecified atom stereocenters. The molecule has 2 fully saturated rings. The van der Waals surface area contributed by atoms with E-state index in [0.29, 0.717) is 31.6 Å². The summed E-state index contributed by atoms with van der Waals surface area (Å²) in [5.74, 6) is -3.04. The molecule has 2 N–H and O–H groups in total. The molecule has 2 aliphatic heterocycles. The van der Waals surface area contributed by atoms with E-state index >= 15 is 0 Å². The van der Waals surface area contributed by atoms with E-state index in [1.807, 2.05) is 0 Å². The van der Waals surface area contributed by atoms with Crippen molar-refractivity contribution in [1.82, 2.24) is 9.62 Å². The summed E-state index contributed by atoms with van der Waals surface area (Å²) >= 11 is 0. The van der Waals surface area contributed by atoms with Gasteiger partial charge in [0.05, 0.1) is 4.90 Å². The van der Waals surface area contributed by atoms with Gasteiger partial charge in [-0.15, -0.1) is 0 Å². The molecule has 1 aromatic rings. The van der Waals surface area contributed by atoms with Gasteiger partial charge < -0.3 is 24.4 Å². The Bertz CT molecular complexity index is 1110. The molecular weight excluding hydrogens is 478 g/mol. The van der Waals surface area contributed by atoms with E-state index in [9.17, 15) is 22.8 Å². The van der Waals surface area contributed by atoms with Crippen LogP contribution in [0.5, 0.6) is 0 Å². The number of carbonyl (C=O) groups excluding carboxylic acids is 3. The normalized spacial score (nSPS) is 19.0. The maximum atomic E-state index is 12.9. The van der Waals surface area contributed by atoms with Crippen LogP contribution in [-0.2, 0) is 33.8 Å². The molecule has 35 heavy (non-hydrogen) atoms. The fourth-order valence-corrected chi connectivity index (χ4v) is 4.83. The molecule has 2 saturated heterocycles. The number of rotatable bonds is 5. The molecule has 2 aliphatic rings. The van der Waals surface area contributed by atoms with Crippen LogP contribution in [0.25, 0.3) is 0 Å². The summed E-state index contributed by atoms with van der Waals surface area (Å²) in [6.45, 7) is 9.00. The van der Waals surface area contributed by atoms with Crippen molar-refractivity contribution in [1.29, 1.82) is 0 Å². The van der Waals surface area contributed by atoms with Crippen LogP contribution in [0.1, 0.15) is 47.5 Å². The lowest BCUT2D eigenvalue weighted by molar-refractivity contribution is -0.222. The zero-order chi connectivity index (χ0) is 26.0. The molecule has 0 aromatic heterocycles. The van der Waals surface area contributed by atoms with Crippen LogP contribution < -0.4 is 10.0 Å². The highest BCUT2D eigenvalue weighted by Crippen LogP contribution is 2.24. The number of hydrogen-bond donors (Lipinski definition) is 2. The molecule has 11 nitrogen and oxygen atoms in total. The molecule has 0 spiro atoms. The van der Waals surface area contributed by atoms with Crippen molar-refractivity contribution in [2.75, 3.05) is 18.4 Å². The topological polar surface area (TPSA) is 140 Å². The second kappa shape index (κ2) is 9.86. The zero-order valence-electron chi connectivity index (χ0n) is 20.4. The average molecular weight is 510 g/mol. The molecule has 1 aromatic carbocycles. The molecule has 0 aliphatic carbocycles. The van der Waals surface area contributed by atoms with Crippen molar-refractivity contribution in [3.8, 4) is 0 Å². The number of benzene rings is 1. The number of nitrogens with zero attached hydrogens (tertiary/aromatic N) is 1. The smallest absolute Gasteiger partial charge is 0.410 e. The molecule has 192 valence electrons. The Balaban J connectivity index is 1.61. The second-order valence-corrected chi connectivity index (χ2v) is 11.5. The van der Waals surface area contributed by atoms with Gasteiger partial charge in [0.2, 0.25) is 10.0 Å². The van der Waals surface area contributed by atoms with Gasteiger partial charge in [-0.05, 0) is 51.8 Å². The van der Waals surface area contributed by atoms with Crippen molar-refractivity contribution in [3.63, 3.8) is 0 Å². The van der Waals surface area contributed by atoms with E-state index in [-0.39, 0.29) is 16.5 Å². The molecule has 1 amide bonds. The van der Waals surface area contributed by atoms with Crippen LogP contribution in [0.4, 0.5) is 10.5 Å². The summed E-state index contributed by atoms with van der Waals surface area (Å²) in [6.07, 6.45) is 1.60. The van der Waals surface area contributed by atoms with Crippen LogP contribution >= 0.6 is 0 Å². The van der Waals surface area contributed by atoms with Crippen molar-refractivity contribution < 1.29 is 37.0 Å². The number of anilines is 1. The van der Waals surface area contributed by atoms with Crippen molar-refractivity contribution in [2.45, 2.75) is 69.8 Å². The van der Waals surface area contributed by atoms with Gasteiger partial charge in [0.15, 0.2) is 5.57 Å². The number of likely N-dealkylation sites (tertiary alicyclic amines) is 1. The standard InChI is InChI=1S/C23H31N3O8S/c1-22(2,3)34-21(29)26-11-9-15(10-12-26)25-35(30,31)17-8-6-7-16(13-17)24-14-18-19(27)32-23(4,5)33-20(18)28/h6-8,13-15,24-25H,9-12H2,1-5H3. The van der Waals surface area contributed by atoms with Gasteiger partial charge in [0.1, 0.15) is 5.60 Å². The lowest BCUT2D eigenvalue weighted by Crippen LogP contribution is -2.47. The third kappa shape index (κ3) is 7.18.